The van der Waals surface area contributed by atoms with Crippen LogP contribution in [0.4, 0.5) is 5.13 Å². The lowest BCUT2D eigenvalue weighted by Gasteiger charge is -2.46. The fourth-order valence-electron chi connectivity index (χ4n) is 2.94. The monoisotopic (exact) mass is 292 g/mol. The van der Waals surface area contributed by atoms with Crippen molar-refractivity contribution in [3.8, 4) is 10.8 Å². The molecule has 3 fully saturated rings. The summed E-state index contributed by atoms with van der Waals surface area (Å²) in [5, 5.41) is 4.70. The minimum absolute atomic E-state index is 0.251. The average Bonchev–Trinajstić information content (AvgIpc) is 3.06. The van der Waals surface area contributed by atoms with E-state index in [1.807, 2.05) is 6.92 Å². The zero-order chi connectivity index (χ0) is 13.7. The molecule has 3 aliphatic heterocycles. The van der Waals surface area contributed by atoms with Gasteiger partial charge >= 0.3 is 0 Å². The first-order chi connectivity index (χ1) is 9.70. The van der Waals surface area contributed by atoms with Crippen LogP contribution in [-0.2, 0) is 0 Å². The van der Waals surface area contributed by atoms with E-state index in [9.17, 15) is 0 Å². The molecule has 7 nitrogen and oxygen atoms in total. The molecule has 3 aliphatic rings. The van der Waals surface area contributed by atoms with E-state index in [1.165, 1.54) is 11.3 Å². The maximum absolute atomic E-state index is 5.72. The number of hydrogen-bond acceptors (Lipinski definition) is 8. The van der Waals surface area contributed by atoms with Crippen LogP contribution in [0, 0.1) is 6.92 Å². The van der Waals surface area contributed by atoms with Crippen molar-refractivity contribution in [2.45, 2.75) is 13.0 Å². The maximum atomic E-state index is 5.72. The third-order valence-corrected chi connectivity index (χ3v) is 5.00. The highest BCUT2D eigenvalue weighted by Crippen LogP contribution is 2.32. The average molecular weight is 292 g/mol. The van der Waals surface area contributed by atoms with Crippen LogP contribution >= 0.6 is 11.3 Å². The maximum Gasteiger partial charge on any atom is 0.270 e. The van der Waals surface area contributed by atoms with Crippen LogP contribution in [0.5, 0.6) is 0 Å². The Hall–Kier alpha value is -1.51. The van der Waals surface area contributed by atoms with Gasteiger partial charge in [0.15, 0.2) is 11.0 Å². The topological polar surface area (TPSA) is 84.3 Å². The zero-order valence-electron chi connectivity index (χ0n) is 11.2. The molecule has 0 aromatic carbocycles. The van der Waals surface area contributed by atoms with Crippen molar-refractivity contribution >= 4 is 16.5 Å². The first-order valence-electron chi connectivity index (χ1n) is 6.74. The Kier molecular flexibility index (Phi) is 2.76. The number of piperazine rings is 3. The summed E-state index contributed by atoms with van der Waals surface area (Å²) in [5.74, 6) is 1.31. The van der Waals surface area contributed by atoms with Crippen LogP contribution in [-0.4, -0.2) is 57.6 Å². The lowest BCUT2D eigenvalue weighted by atomic mass is 10.1. The second-order valence-corrected chi connectivity index (χ2v) is 6.31. The van der Waals surface area contributed by atoms with Gasteiger partial charge in [-0.15, -0.1) is 0 Å². The van der Waals surface area contributed by atoms with Crippen molar-refractivity contribution in [1.29, 1.82) is 0 Å². The predicted octanol–water partition coefficient (Wildman–Crippen LogP) is 0.756. The van der Waals surface area contributed by atoms with Crippen molar-refractivity contribution in [2.75, 3.05) is 38.5 Å². The van der Waals surface area contributed by atoms with Crippen LogP contribution in [0.2, 0.25) is 0 Å². The van der Waals surface area contributed by atoms with Crippen molar-refractivity contribution < 1.29 is 4.52 Å². The molecule has 5 heterocycles. The van der Waals surface area contributed by atoms with Gasteiger partial charge in [0, 0.05) is 32.7 Å². The Morgan fingerprint density at radius 2 is 2.05 bits per heavy atom. The van der Waals surface area contributed by atoms with Crippen molar-refractivity contribution in [3.05, 3.63) is 11.5 Å². The predicted molar refractivity (Wildman–Crippen MR) is 75.3 cm³/mol. The Labute approximate surface area is 120 Å². The summed E-state index contributed by atoms with van der Waals surface area (Å²) in [4.78, 5) is 14.5. The second-order valence-electron chi connectivity index (χ2n) is 5.28. The summed E-state index contributed by atoms with van der Waals surface area (Å²) in [6, 6.07) is 0.251. The highest BCUT2D eigenvalue weighted by molar-refractivity contribution is 7.18. The molecule has 3 saturated heterocycles. The summed E-state index contributed by atoms with van der Waals surface area (Å²) in [6.07, 6.45) is 0. The third-order valence-electron chi connectivity index (χ3n) is 4.03. The Balaban J connectivity index is 1.64. The van der Waals surface area contributed by atoms with Crippen LogP contribution in [0.15, 0.2) is 4.52 Å². The summed E-state index contributed by atoms with van der Waals surface area (Å²) in [5.41, 5.74) is 6.56. The van der Waals surface area contributed by atoms with Gasteiger partial charge in [-0.2, -0.15) is 4.98 Å². The van der Waals surface area contributed by atoms with Crippen molar-refractivity contribution in [3.63, 3.8) is 0 Å². The molecular formula is C12H16N6OS. The molecule has 0 aliphatic carbocycles. The molecule has 8 heteroatoms. The molecule has 2 N–H and O–H groups in total. The van der Waals surface area contributed by atoms with Crippen molar-refractivity contribution in [2.24, 2.45) is 0 Å². The molecule has 2 bridgehead atoms. The Bertz CT molecular complexity index is 630. The van der Waals surface area contributed by atoms with Gasteiger partial charge in [0.2, 0.25) is 0 Å². The molecule has 0 spiro atoms. The number of fused-ring (bicyclic) bond motifs is 3. The number of hydrogen-bond donors (Lipinski definition) is 1. The van der Waals surface area contributed by atoms with Gasteiger partial charge < -0.3 is 10.3 Å². The lowest BCUT2D eigenvalue weighted by Crippen LogP contribution is -2.57. The van der Waals surface area contributed by atoms with E-state index >= 15 is 0 Å². The van der Waals surface area contributed by atoms with Crippen LogP contribution in [0.3, 0.4) is 0 Å². The fraction of sp³-hybridized carbons (Fsp3) is 0.583. The van der Waals surface area contributed by atoms with Gasteiger partial charge in [0.25, 0.3) is 5.89 Å². The van der Waals surface area contributed by atoms with Crippen LogP contribution in [0.1, 0.15) is 17.6 Å². The van der Waals surface area contributed by atoms with E-state index in [0.717, 1.165) is 49.1 Å². The molecule has 1 unspecified atom stereocenters. The Morgan fingerprint density at radius 1 is 1.25 bits per heavy atom. The highest BCUT2D eigenvalue weighted by atomic mass is 32.1. The second kappa shape index (κ2) is 4.51. The smallest absolute Gasteiger partial charge is 0.270 e. The largest absolute Gasteiger partial charge is 0.375 e. The van der Waals surface area contributed by atoms with E-state index in [0.29, 0.717) is 11.0 Å². The quantitative estimate of drug-likeness (QED) is 0.874. The van der Waals surface area contributed by atoms with Gasteiger partial charge in [-0.3, -0.25) is 9.80 Å². The van der Waals surface area contributed by atoms with Gasteiger partial charge in [-0.25, -0.2) is 4.98 Å². The summed E-state index contributed by atoms with van der Waals surface area (Å²) in [6.45, 7) is 7.35. The molecule has 2 aromatic rings. The number of nitrogen functional groups attached to an aromatic ring is 1. The molecule has 0 radical (unpaired) electrons. The third kappa shape index (κ3) is 1.91. The molecular weight excluding hydrogens is 276 g/mol. The van der Waals surface area contributed by atoms with E-state index in [4.69, 9.17) is 10.3 Å². The van der Waals surface area contributed by atoms with Crippen molar-refractivity contribution in [1.82, 2.24) is 24.9 Å². The number of nitrogens with two attached hydrogens (primary N) is 1. The van der Waals surface area contributed by atoms with Gasteiger partial charge in [-0.1, -0.05) is 16.5 Å². The minimum atomic E-state index is 0.251. The standard InChI is InChI=1S/C12H16N6OS/c1-7-9(20-12(13)14-7)11-15-10(16-19-11)8-6-17-2-4-18(8)5-3-17/h8H,2-6H2,1H3,(H2,13,14). The van der Waals surface area contributed by atoms with E-state index in [2.05, 4.69) is 24.9 Å². The number of nitrogens with zero attached hydrogens (tertiary/aromatic N) is 5. The summed E-state index contributed by atoms with van der Waals surface area (Å²) >= 11 is 1.39. The number of anilines is 1. The number of aromatic nitrogens is 3. The molecule has 106 valence electrons. The first kappa shape index (κ1) is 12.2. The fourth-order valence-corrected chi connectivity index (χ4v) is 3.70. The van der Waals surface area contributed by atoms with E-state index in [-0.39, 0.29) is 6.04 Å². The van der Waals surface area contributed by atoms with Gasteiger partial charge in [0.1, 0.15) is 4.88 Å². The molecule has 20 heavy (non-hydrogen) atoms. The SMILES string of the molecule is Cc1nc(N)sc1-c1nc(C2CN3CCN2CC3)no1. The normalized spacial score (nSPS) is 28.9. The molecule has 2 aromatic heterocycles. The number of rotatable bonds is 2. The van der Waals surface area contributed by atoms with E-state index in [1.54, 1.807) is 0 Å². The van der Waals surface area contributed by atoms with Crippen LogP contribution < -0.4 is 5.73 Å². The summed E-state index contributed by atoms with van der Waals surface area (Å²) in [7, 11) is 0. The molecule has 5 rings (SSSR count). The molecule has 0 saturated carbocycles. The molecule has 1 atom stereocenters. The number of thiazole rings is 1. The molecule has 0 amide bonds. The zero-order valence-corrected chi connectivity index (χ0v) is 12.1. The highest BCUT2D eigenvalue weighted by Gasteiger charge is 2.35. The number of aryl methyl sites for hydroxylation is 1. The summed E-state index contributed by atoms with van der Waals surface area (Å²) < 4.78 is 5.41. The minimum Gasteiger partial charge on any atom is -0.375 e. The Morgan fingerprint density at radius 3 is 2.65 bits per heavy atom. The van der Waals surface area contributed by atoms with E-state index < -0.39 is 0 Å². The lowest BCUT2D eigenvalue weighted by molar-refractivity contribution is 0.00781. The van der Waals surface area contributed by atoms with Crippen LogP contribution in [0.25, 0.3) is 10.8 Å². The van der Waals surface area contributed by atoms with Gasteiger partial charge in [-0.05, 0) is 6.92 Å². The van der Waals surface area contributed by atoms with Gasteiger partial charge in [0.05, 0.1) is 11.7 Å². The first-order valence-corrected chi connectivity index (χ1v) is 7.55.